The van der Waals surface area contributed by atoms with Crippen LogP contribution < -0.4 is 0 Å². The molecule has 7 nitrogen and oxygen atoms in total. The van der Waals surface area contributed by atoms with Crippen molar-refractivity contribution in [3.05, 3.63) is 77.4 Å². The van der Waals surface area contributed by atoms with E-state index in [9.17, 15) is 4.79 Å². The molecule has 0 atom stereocenters. The summed E-state index contributed by atoms with van der Waals surface area (Å²) in [5.74, 6) is 1.62. The van der Waals surface area contributed by atoms with Crippen molar-refractivity contribution in [1.82, 2.24) is 30.2 Å². The van der Waals surface area contributed by atoms with Crippen LogP contribution in [0.5, 0.6) is 0 Å². The Bertz CT molecular complexity index is 1270. The Kier molecular flexibility index (Phi) is 5.46. The fraction of sp³-hybridized carbons (Fsp3) is 0.240. The zero-order valence-electron chi connectivity index (χ0n) is 18.0. The number of aromatic amines is 1. The Hall–Kier alpha value is -3.87. The first kappa shape index (κ1) is 20.1. The summed E-state index contributed by atoms with van der Waals surface area (Å²) in [5, 5.41) is 14.5. The summed E-state index contributed by atoms with van der Waals surface area (Å²) in [5.41, 5.74) is 5.88. The summed E-state index contributed by atoms with van der Waals surface area (Å²) in [6.07, 6.45) is 7.37. The number of hydrogen-bond acceptors (Lipinski definition) is 5. The highest BCUT2D eigenvalue weighted by Gasteiger charge is 2.24. The van der Waals surface area contributed by atoms with E-state index in [1.165, 1.54) is 0 Å². The van der Waals surface area contributed by atoms with Crippen LogP contribution >= 0.6 is 0 Å². The van der Waals surface area contributed by atoms with E-state index in [-0.39, 0.29) is 5.78 Å². The SMILES string of the molecule is CC=Cc1nc2c(n1Cc1ccc(-c3ccccc3-c3nn[nH]n3)cc1)C(=O)CCCC2. The highest BCUT2D eigenvalue weighted by molar-refractivity contribution is 5.96. The molecular weight excluding hydrogens is 400 g/mol. The van der Waals surface area contributed by atoms with Gasteiger partial charge in [0.15, 0.2) is 5.78 Å². The fourth-order valence-corrected chi connectivity index (χ4v) is 4.32. The van der Waals surface area contributed by atoms with Gasteiger partial charge in [-0.25, -0.2) is 4.98 Å². The third kappa shape index (κ3) is 3.77. The summed E-state index contributed by atoms with van der Waals surface area (Å²) in [6, 6.07) is 16.4. The summed E-state index contributed by atoms with van der Waals surface area (Å²) in [7, 11) is 0. The number of hydrogen-bond donors (Lipinski definition) is 1. The molecule has 0 amide bonds. The lowest BCUT2D eigenvalue weighted by atomic mass is 9.98. The molecule has 1 aliphatic carbocycles. The normalized spacial score (nSPS) is 14.0. The lowest BCUT2D eigenvalue weighted by molar-refractivity contribution is 0.0973. The molecule has 5 rings (SSSR count). The molecule has 7 heteroatoms. The van der Waals surface area contributed by atoms with E-state index in [1.807, 2.05) is 37.3 Å². The van der Waals surface area contributed by atoms with Crippen molar-refractivity contribution in [3.63, 3.8) is 0 Å². The van der Waals surface area contributed by atoms with E-state index in [4.69, 9.17) is 4.98 Å². The van der Waals surface area contributed by atoms with Gasteiger partial charge in [0.1, 0.15) is 11.5 Å². The standard InChI is InChI=1S/C25H24N6O/c1-2-7-23-26-21-10-5-6-11-22(32)24(21)31(23)16-17-12-14-18(15-13-17)19-8-3-4-9-20(19)25-27-29-30-28-25/h2-4,7-9,12-15H,5-6,10-11,16H2,1H3,(H,27,28,29,30). The van der Waals surface area contributed by atoms with Crippen molar-refractivity contribution in [3.8, 4) is 22.5 Å². The molecule has 0 bridgehead atoms. The number of imidazole rings is 1. The van der Waals surface area contributed by atoms with Gasteiger partial charge in [0.2, 0.25) is 5.82 Å². The molecule has 0 spiro atoms. The van der Waals surface area contributed by atoms with Gasteiger partial charge in [0.25, 0.3) is 0 Å². The van der Waals surface area contributed by atoms with Crippen LogP contribution in [0.15, 0.2) is 54.6 Å². The van der Waals surface area contributed by atoms with Crippen molar-refractivity contribution in [2.45, 2.75) is 39.2 Å². The van der Waals surface area contributed by atoms with Crippen LogP contribution in [-0.2, 0) is 13.0 Å². The van der Waals surface area contributed by atoms with Gasteiger partial charge < -0.3 is 4.57 Å². The Morgan fingerprint density at radius 3 is 2.56 bits per heavy atom. The van der Waals surface area contributed by atoms with Gasteiger partial charge in [-0.1, -0.05) is 54.6 Å². The molecule has 0 saturated heterocycles. The molecule has 160 valence electrons. The largest absolute Gasteiger partial charge is 0.317 e. The molecule has 1 aliphatic rings. The van der Waals surface area contributed by atoms with Gasteiger partial charge in [-0.05, 0) is 54.2 Å². The number of tetrazole rings is 1. The van der Waals surface area contributed by atoms with Crippen LogP contribution in [0.25, 0.3) is 28.6 Å². The minimum Gasteiger partial charge on any atom is -0.317 e. The number of fused-ring (bicyclic) bond motifs is 1. The molecule has 0 unspecified atom stereocenters. The molecular formula is C25H24N6O. The Balaban J connectivity index is 1.48. The van der Waals surface area contributed by atoms with E-state index < -0.39 is 0 Å². The van der Waals surface area contributed by atoms with Gasteiger partial charge >= 0.3 is 0 Å². The van der Waals surface area contributed by atoms with Crippen molar-refractivity contribution < 1.29 is 4.79 Å². The summed E-state index contributed by atoms with van der Waals surface area (Å²) in [6.45, 7) is 2.59. The van der Waals surface area contributed by atoms with E-state index in [2.05, 4.69) is 55.5 Å². The first-order valence-electron chi connectivity index (χ1n) is 10.9. The minimum atomic E-state index is 0.200. The van der Waals surface area contributed by atoms with Crippen LogP contribution in [-0.4, -0.2) is 36.0 Å². The quantitative estimate of drug-likeness (QED) is 0.468. The first-order valence-corrected chi connectivity index (χ1v) is 10.9. The molecule has 32 heavy (non-hydrogen) atoms. The minimum absolute atomic E-state index is 0.200. The van der Waals surface area contributed by atoms with Gasteiger partial charge in [-0.2, -0.15) is 5.21 Å². The third-order valence-electron chi connectivity index (χ3n) is 5.84. The van der Waals surface area contributed by atoms with Crippen molar-refractivity contribution in [2.75, 3.05) is 0 Å². The number of carbonyl (C=O) groups excluding carboxylic acids is 1. The van der Waals surface area contributed by atoms with E-state index >= 15 is 0 Å². The molecule has 2 aromatic carbocycles. The Labute approximate surface area is 186 Å². The van der Waals surface area contributed by atoms with Gasteiger partial charge in [0.05, 0.1) is 5.69 Å². The van der Waals surface area contributed by atoms with Crippen LogP contribution in [0.3, 0.4) is 0 Å². The van der Waals surface area contributed by atoms with Crippen molar-refractivity contribution in [2.24, 2.45) is 0 Å². The van der Waals surface area contributed by atoms with Gasteiger partial charge in [0, 0.05) is 18.5 Å². The van der Waals surface area contributed by atoms with Crippen LogP contribution in [0.2, 0.25) is 0 Å². The number of benzene rings is 2. The zero-order chi connectivity index (χ0) is 21.9. The number of nitrogens with one attached hydrogen (secondary N) is 1. The average Bonchev–Trinajstić information content (AvgIpc) is 3.42. The lowest BCUT2D eigenvalue weighted by Crippen LogP contribution is -2.12. The maximum atomic E-state index is 12.8. The van der Waals surface area contributed by atoms with E-state index in [0.29, 0.717) is 18.8 Å². The molecule has 0 fully saturated rings. The number of Topliss-reactive ketones (excluding diaryl/α,β-unsaturated/α-hetero) is 1. The van der Waals surface area contributed by atoms with E-state index in [1.54, 1.807) is 0 Å². The summed E-state index contributed by atoms with van der Waals surface area (Å²) in [4.78, 5) is 17.6. The lowest BCUT2D eigenvalue weighted by Gasteiger charge is -2.12. The number of ketones is 1. The highest BCUT2D eigenvalue weighted by atomic mass is 16.1. The number of aromatic nitrogens is 6. The zero-order valence-corrected chi connectivity index (χ0v) is 18.0. The number of nitrogens with zero attached hydrogens (tertiary/aromatic N) is 5. The second kappa shape index (κ2) is 8.70. The second-order valence-electron chi connectivity index (χ2n) is 7.96. The molecule has 0 aliphatic heterocycles. The van der Waals surface area contributed by atoms with Crippen molar-refractivity contribution in [1.29, 1.82) is 0 Å². The highest BCUT2D eigenvalue weighted by Crippen LogP contribution is 2.30. The second-order valence-corrected chi connectivity index (χ2v) is 7.96. The van der Waals surface area contributed by atoms with Crippen molar-refractivity contribution >= 4 is 11.9 Å². The Morgan fingerprint density at radius 2 is 1.81 bits per heavy atom. The maximum absolute atomic E-state index is 12.8. The first-order chi connectivity index (χ1) is 15.7. The fourth-order valence-electron chi connectivity index (χ4n) is 4.32. The molecule has 0 saturated carbocycles. The number of H-pyrrole nitrogens is 1. The van der Waals surface area contributed by atoms with Crippen LogP contribution in [0.4, 0.5) is 0 Å². The number of carbonyl (C=O) groups is 1. The third-order valence-corrected chi connectivity index (χ3v) is 5.84. The molecule has 1 N–H and O–H groups in total. The van der Waals surface area contributed by atoms with E-state index in [0.717, 1.165) is 58.7 Å². The topological polar surface area (TPSA) is 89.3 Å². The predicted octanol–water partition coefficient (Wildman–Crippen LogP) is 4.72. The van der Waals surface area contributed by atoms with Gasteiger partial charge in [-0.3, -0.25) is 4.79 Å². The molecule has 2 aromatic heterocycles. The number of rotatable bonds is 5. The van der Waals surface area contributed by atoms with Gasteiger partial charge in [-0.15, -0.1) is 10.2 Å². The summed E-state index contributed by atoms with van der Waals surface area (Å²) < 4.78 is 2.07. The summed E-state index contributed by atoms with van der Waals surface area (Å²) >= 11 is 0. The maximum Gasteiger partial charge on any atom is 0.205 e. The number of aryl methyl sites for hydroxylation is 1. The monoisotopic (exact) mass is 424 g/mol. The predicted molar refractivity (Wildman–Crippen MR) is 123 cm³/mol. The molecule has 2 heterocycles. The smallest absolute Gasteiger partial charge is 0.205 e. The number of allylic oxidation sites excluding steroid dienone is 1. The molecule has 0 radical (unpaired) electrons. The molecule has 4 aromatic rings. The average molecular weight is 425 g/mol. The van der Waals surface area contributed by atoms with Crippen LogP contribution in [0.1, 0.15) is 53.8 Å². The Morgan fingerprint density at radius 1 is 1.03 bits per heavy atom. The van der Waals surface area contributed by atoms with Crippen LogP contribution in [0, 0.1) is 0 Å².